The van der Waals surface area contributed by atoms with Gasteiger partial charge in [-0.2, -0.15) is 0 Å². The predicted molar refractivity (Wildman–Crippen MR) is 66.4 cm³/mol. The first kappa shape index (κ1) is 13.5. The van der Waals surface area contributed by atoms with E-state index in [0.717, 1.165) is 0 Å². The highest BCUT2D eigenvalue weighted by atomic mass is 14.0. The highest BCUT2D eigenvalue weighted by Gasteiger charge is 1.93. The molecule has 0 spiro atoms. The van der Waals surface area contributed by atoms with Crippen LogP contribution in [0.15, 0.2) is 24.3 Å². The molecule has 0 aromatic carbocycles. The van der Waals surface area contributed by atoms with Crippen molar-refractivity contribution in [3.8, 4) is 0 Å². The zero-order chi connectivity index (χ0) is 10.8. The summed E-state index contributed by atoms with van der Waals surface area (Å²) in [4.78, 5) is 0. The molecule has 0 amide bonds. The first-order chi connectivity index (χ1) is 6.66. The fourth-order valence-electron chi connectivity index (χ4n) is 1.24. The molecule has 0 aliphatic rings. The summed E-state index contributed by atoms with van der Waals surface area (Å²) in [6.45, 7) is 8.96. The monoisotopic (exact) mass is 194 g/mol. The van der Waals surface area contributed by atoms with Gasteiger partial charge in [-0.3, -0.25) is 0 Å². The Hall–Kier alpha value is -0.520. The van der Waals surface area contributed by atoms with E-state index in [9.17, 15) is 0 Å². The number of unbranched alkanes of at least 4 members (excludes halogenated alkanes) is 2. The standard InChI is InChI=1S/C14H26/c1-5-6-7-8-9-10-14(4)12-11-13(2)3/h8-9,11-14H,5-7,10H2,1-4H3. The maximum Gasteiger partial charge on any atom is -0.0227 e. The second-order valence-corrected chi connectivity index (χ2v) is 4.46. The second-order valence-electron chi connectivity index (χ2n) is 4.46. The van der Waals surface area contributed by atoms with Crippen molar-refractivity contribution in [2.75, 3.05) is 0 Å². The summed E-state index contributed by atoms with van der Waals surface area (Å²) >= 11 is 0. The van der Waals surface area contributed by atoms with Crippen molar-refractivity contribution in [2.24, 2.45) is 11.8 Å². The van der Waals surface area contributed by atoms with Crippen molar-refractivity contribution in [1.29, 1.82) is 0 Å². The summed E-state index contributed by atoms with van der Waals surface area (Å²) in [5, 5.41) is 0. The highest BCUT2D eigenvalue weighted by molar-refractivity contribution is 4.93. The van der Waals surface area contributed by atoms with Gasteiger partial charge in [-0.15, -0.1) is 0 Å². The minimum absolute atomic E-state index is 0.682. The molecule has 0 saturated heterocycles. The van der Waals surface area contributed by atoms with Gasteiger partial charge in [-0.05, 0) is 24.7 Å². The quantitative estimate of drug-likeness (QED) is 0.396. The summed E-state index contributed by atoms with van der Waals surface area (Å²) in [7, 11) is 0. The average Bonchev–Trinajstić information content (AvgIpc) is 2.14. The van der Waals surface area contributed by atoms with Crippen LogP contribution in [0.25, 0.3) is 0 Å². The van der Waals surface area contributed by atoms with Gasteiger partial charge >= 0.3 is 0 Å². The Morgan fingerprint density at radius 1 is 1.00 bits per heavy atom. The van der Waals surface area contributed by atoms with E-state index in [-0.39, 0.29) is 0 Å². The number of hydrogen-bond donors (Lipinski definition) is 0. The molecule has 0 rings (SSSR count). The van der Waals surface area contributed by atoms with Crippen LogP contribution in [0.4, 0.5) is 0 Å². The molecule has 0 fully saturated rings. The van der Waals surface area contributed by atoms with E-state index in [4.69, 9.17) is 0 Å². The Morgan fingerprint density at radius 2 is 1.71 bits per heavy atom. The lowest BCUT2D eigenvalue weighted by atomic mass is 10.0. The third-order valence-electron chi connectivity index (χ3n) is 2.22. The van der Waals surface area contributed by atoms with Crippen LogP contribution in [-0.4, -0.2) is 0 Å². The van der Waals surface area contributed by atoms with E-state index in [0.29, 0.717) is 11.8 Å². The molecule has 0 bridgehead atoms. The van der Waals surface area contributed by atoms with Crippen molar-refractivity contribution in [2.45, 2.75) is 53.4 Å². The molecule has 1 unspecified atom stereocenters. The van der Waals surface area contributed by atoms with E-state index >= 15 is 0 Å². The van der Waals surface area contributed by atoms with E-state index < -0.39 is 0 Å². The van der Waals surface area contributed by atoms with Crippen molar-refractivity contribution < 1.29 is 0 Å². The van der Waals surface area contributed by atoms with E-state index in [1.807, 2.05) is 0 Å². The summed E-state index contributed by atoms with van der Waals surface area (Å²) in [5.41, 5.74) is 0. The van der Waals surface area contributed by atoms with Crippen LogP contribution in [0.1, 0.15) is 53.4 Å². The van der Waals surface area contributed by atoms with Crippen LogP contribution in [-0.2, 0) is 0 Å². The van der Waals surface area contributed by atoms with E-state index in [1.54, 1.807) is 0 Å². The normalized spacial score (nSPS) is 14.6. The maximum atomic E-state index is 2.33. The van der Waals surface area contributed by atoms with E-state index in [2.05, 4.69) is 52.0 Å². The molecule has 0 heterocycles. The van der Waals surface area contributed by atoms with Gasteiger partial charge in [0, 0.05) is 0 Å². The van der Waals surface area contributed by atoms with Crippen molar-refractivity contribution in [3.05, 3.63) is 24.3 Å². The molecule has 0 aliphatic carbocycles. The van der Waals surface area contributed by atoms with Gasteiger partial charge in [0.05, 0.1) is 0 Å². The van der Waals surface area contributed by atoms with Gasteiger partial charge in [0.1, 0.15) is 0 Å². The first-order valence-electron chi connectivity index (χ1n) is 6.00. The highest BCUT2D eigenvalue weighted by Crippen LogP contribution is 2.08. The summed E-state index contributed by atoms with van der Waals surface area (Å²) in [5.74, 6) is 1.37. The minimum Gasteiger partial charge on any atom is -0.0885 e. The molecular weight excluding hydrogens is 168 g/mol. The van der Waals surface area contributed by atoms with Crippen molar-refractivity contribution in [3.63, 3.8) is 0 Å². The fraction of sp³-hybridized carbons (Fsp3) is 0.714. The lowest BCUT2D eigenvalue weighted by Gasteiger charge is -2.02. The minimum atomic E-state index is 0.682. The van der Waals surface area contributed by atoms with Crippen molar-refractivity contribution in [1.82, 2.24) is 0 Å². The van der Waals surface area contributed by atoms with Gasteiger partial charge in [0.15, 0.2) is 0 Å². The summed E-state index contributed by atoms with van der Waals surface area (Å²) in [6.07, 6.45) is 14.3. The molecule has 82 valence electrons. The van der Waals surface area contributed by atoms with Crippen LogP contribution in [0, 0.1) is 11.8 Å². The third-order valence-corrected chi connectivity index (χ3v) is 2.22. The van der Waals surface area contributed by atoms with Crippen LogP contribution in [0.2, 0.25) is 0 Å². The molecule has 0 aromatic heterocycles. The molecule has 0 N–H and O–H groups in total. The Labute approximate surface area is 90.1 Å². The second kappa shape index (κ2) is 9.05. The number of rotatable bonds is 7. The van der Waals surface area contributed by atoms with Gasteiger partial charge < -0.3 is 0 Å². The van der Waals surface area contributed by atoms with Crippen LogP contribution in [0.5, 0.6) is 0 Å². The average molecular weight is 194 g/mol. The van der Waals surface area contributed by atoms with Crippen LogP contribution >= 0.6 is 0 Å². The lowest BCUT2D eigenvalue weighted by molar-refractivity contribution is 0.720. The maximum absolute atomic E-state index is 2.33. The van der Waals surface area contributed by atoms with Gasteiger partial charge in [0.25, 0.3) is 0 Å². The molecule has 0 aromatic rings. The van der Waals surface area contributed by atoms with Crippen LogP contribution < -0.4 is 0 Å². The van der Waals surface area contributed by atoms with Crippen molar-refractivity contribution >= 4 is 0 Å². The molecule has 0 radical (unpaired) electrons. The first-order valence-corrected chi connectivity index (χ1v) is 6.00. The van der Waals surface area contributed by atoms with Crippen LogP contribution in [0.3, 0.4) is 0 Å². The molecule has 0 saturated carbocycles. The van der Waals surface area contributed by atoms with Gasteiger partial charge in [0.2, 0.25) is 0 Å². The SMILES string of the molecule is CCCCC=CCC(C)C=CC(C)C. The molecule has 1 atom stereocenters. The summed E-state index contributed by atoms with van der Waals surface area (Å²) < 4.78 is 0. The molecule has 0 heteroatoms. The molecule has 0 aliphatic heterocycles. The smallest absolute Gasteiger partial charge is 0.0227 e. The molecule has 0 nitrogen and oxygen atoms in total. The van der Waals surface area contributed by atoms with E-state index in [1.165, 1.54) is 25.7 Å². The zero-order valence-corrected chi connectivity index (χ0v) is 10.3. The number of allylic oxidation sites excluding steroid dienone is 4. The molecule has 14 heavy (non-hydrogen) atoms. The van der Waals surface area contributed by atoms with Gasteiger partial charge in [-0.1, -0.05) is 64.8 Å². The Bertz CT molecular complexity index is 163. The Balaban J connectivity index is 3.52. The fourth-order valence-corrected chi connectivity index (χ4v) is 1.24. The third kappa shape index (κ3) is 9.57. The Morgan fingerprint density at radius 3 is 2.29 bits per heavy atom. The zero-order valence-electron chi connectivity index (χ0n) is 10.3. The Kier molecular flexibility index (Phi) is 8.72. The topological polar surface area (TPSA) is 0 Å². The summed E-state index contributed by atoms with van der Waals surface area (Å²) in [6, 6.07) is 0. The predicted octanol–water partition coefficient (Wildman–Crippen LogP) is 4.97. The number of hydrogen-bond acceptors (Lipinski definition) is 0. The lowest BCUT2D eigenvalue weighted by Crippen LogP contribution is -1.88. The largest absolute Gasteiger partial charge is 0.0885 e. The van der Waals surface area contributed by atoms with Gasteiger partial charge in [-0.25, -0.2) is 0 Å². The molecular formula is C14H26.